The van der Waals surface area contributed by atoms with Crippen LogP contribution in [-0.2, 0) is 0 Å². The van der Waals surface area contributed by atoms with Crippen molar-refractivity contribution in [3.05, 3.63) is 23.2 Å². The maximum absolute atomic E-state index is 8.65. The molecule has 16 heavy (non-hydrogen) atoms. The van der Waals surface area contributed by atoms with Gasteiger partial charge < -0.3 is 10.6 Å². The van der Waals surface area contributed by atoms with Gasteiger partial charge in [-0.1, -0.05) is 11.6 Å². The van der Waals surface area contributed by atoms with Gasteiger partial charge in [-0.15, -0.1) is 0 Å². The Morgan fingerprint density at radius 3 is 2.81 bits per heavy atom. The largest absolute Gasteiger partial charge is 0.397 e. The van der Waals surface area contributed by atoms with E-state index in [1.807, 2.05) is 12.1 Å². The normalized spacial score (nSPS) is 14.5. The molecule has 0 amide bonds. The lowest BCUT2D eigenvalue weighted by Gasteiger charge is -2.25. The molecule has 2 N–H and O–H groups in total. The summed E-state index contributed by atoms with van der Waals surface area (Å²) in [5, 5.41) is 9.30. The number of nitrogen functional groups attached to an aromatic ring is 1. The Bertz CT molecular complexity index is 421. The summed E-state index contributed by atoms with van der Waals surface area (Å²) in [5.41, 5.74) is 7.64. The van der Waals surface area contributed by atoms with E-state index >= 15 is 0 Å². The first kappa shape index (κ1) is 11.1. The highest BCUT2D eigenvalue weighted by Crippen LogP contribution is 2.35. The Kier molecular flexibility index (Phi) is 3.21. The van der Waals surface area contributed by atoms with Crippen LogP contribution in [0.1, 0.15) is 19.3 Å². The highest BCUT2D eigenvalue weighted by Gasteiger charge is 2.29. The molecule has 2 rings (SSSR count). The van der Waals surface area contributed by atoms with Crippen molar-refractivity contribution in [2.45, 2.75) is 25.3 Å². The fraction of sp³-hybridized carbons (Fsp3) is 0.417. The number of nitrogens with zero attached hydrogens (tertiary/aromatic N) is 2. The minimum absolute atomic E-state index is 0.526. The van der Waals surface area contributed by atoms with Crippen molar-refractivity contribution in [2.75, 3.05) is 17.2 Å². The van der Waals surface area contributed by atoms with E-state index in [1.165, 1.54) is 12.8 Å². The van der Waals surface area contributed by atoms with Crippen molar-refractivity contribution in [3.63, 3.8) is 0 Å². The molecule has 1 aliphatic carbocycles. The van der Waals surface area contributed by atoms with Crippen molar-refractivity contribution in [1.82, 2.24) is 0 Å². The summed E-state index contributed by atoms with van der Waals surface area (Å²) in [5.74, 6) is 0. The van der Waals surface area contributed by atoms with Crippen molar-refractivity contribution in [2.24, 2.45) is 0 Å². The Morgan fingerprint density at radius 2 is 2.25 bits per heavy atom. The highest BCUT2D eigenvalue weighted by atomic mass is 35.5. The molecule has 1 aromatic carbocycles. The summed E-state index contributed by atoms with van der Waals surface area (Å²) < 4.78 is 0. The van der Waals surface area contributed by atoms with Crippen LogP contribution >= 0.6 is 11.6 Å². The van der Waals surface area contributed by atoms with Gasteiger partial charge in [0.1, 0.15) is 0 Å². The average molecular weight is 236 g/mol. The topological polar surface area (TPSA) is 53.0 Å². The van der Waals surface area contributed by atoms with Crippen LogP contribution in [0.2, 0.25) is 5.02 Å². The first-order valence-corrected chi connectivity index (χ1v) is 5.79. The van der Waals surface area contributed by atoms with Gasteiger partial charge >= 0.3 is 0 Å². The zero-order chi connectivity index (χ0) is 11.5. The lowest BCUT2D eigenvalue weighted by Crippen LogP contribution is -2.27. The van der Waals surface area contributed by atoms with Gasteiger partial charge in [-0.2, -0.15) is 5.26 Å². The summed E-state index contributed by atoms with van der Waals surface area (Å²) in [4.78, 5) is 2.22. The second kappa shape index (κ2) is 4.63. The molecular formula is C12H14ClN3. The fourth-order valence-electron chi connectivity index (χ4n) is 1.84. The zero-order valence-corrected chi connectivity index (χ0v) is 9.74. The Morgan fingerprint density at radius 1 is 1.50 bits per heavy atom. The molecule has 1 saturated carbocycles. The maximum atomic E-state index is 8.65. The standard InChI is InChI=1S/C12H14ClN3/c13-9-2-5-12(11(15)8-9)16(7-1-6-14)10-3-4-10/h2,5,8,10H,1,3-4,7,15H2. The van der Waals surface area contributed by atoms with Crippen molar-refractivity contribution >= 4 is 23.0 Å². The molecule has 0 bridgehead atoms. The number of nitriles is 1. The van der Waals surface area contributed by atoms with E-state index in [-0.39, 0.29) is 0 Å². The molecular weight excluding hydrogens is 222 g/mol. The van der Waals surface area contributed by atoms with Crippen LogP contribution in [0.3, 0.4) is 0 Å². The Labute approximate surface area is 100 Å². The molecule has 0 saturated heterocycles. The summed E-state index contributed by atoms with van der Waals surface area (Å²) in [6.07, 6.45) is 2.90. The minimum Gasteiger partial charge on any atom is -0.397 e. The molecule has 1 aromatic rings. The molecule has 1 fully saturated rings. The van der Waals surface area contributed by atoms with Gasteiger partial charge in [0, 0.05) is 17.6 Å². The third kappa shape index (κ3) is 2.40. The molecule has 3 nitrogen and oxygen atoms in total. The monoisotopic (exact) mass is 235 g/mol. The van der Waals surface area contributed by atoms with Crippen molar-refractivity contribution in [3.8, 4) is 6.07 Å². The first-order valence-electron chi connectivity index (χ1n) is 5.41. The van der Waals surface area contributed by atoms with E-state index < -0.39 is 0 Å². The average Bonchev–Trinajstić information content (AvgIpc) is 3.05. The molecule has 0 atom stereocenters. The Hall–Kier alpha value is -1.40. The Balaban J connectivity index is 2.21. The first-order chi connectivity index (χ1) is 7.72. The fourth-order valence-corrected chi connectivity index (χ4v) is 2.02. The van der Waals surface area contributed by atoms with E-state index in [1.54, 1.807) is 6.07 Å². The smallest absolute Gasteiger partial charge is 0.0640 e. The van der Waals surface area contributed by atoms with Crippen molar-refractivity contribution in [1.29, 1.82) is 5.26 Å². The van der Waals surface area contributed by atoms with E-state index in [0.29, 0.717) is 23.2 Å². The van der Waals surface area contributed by atoms with Gasteiger partial charge in [0.15, 0.2) is 0 Å². The predicted molar refractivity (Wildman–Crippen MR) is 66.5 cm³/mol. The predicted octanol–water partition coefficient (Wildman–Crippen LogP) is 2.80. The quantitative estimate of drug-likeness (QED) is 0.817. The second-order valence-electron chi connectivity index (χ2n) is 4.04. The molecule has 0 spiro atoms. The summed E-state index contributed by atoms with van der Waals surface area (Å²) >= 11 is 5.87. The zero-order valence-electron chi connectivity index (χ0n) is 8.99. The second-order valence-corrected chi connectivity index (χ2v) is 4.47. The summed E-state index contributed by atoms with van der Waals surface area (Å²) in [7, 11) is 0. The van der Waals surface area contributed by atoms with Crippen LogP contribution in [0.25, 0.3) is 0 Å². The number of benzene rings is 1. The van der Waals surface area contributed by atoms with E-state index in [0.717, 1.165) is 12.2 Å². The van der Waals surface area contributed by atoms with E-state index in [4.69, 9.17) is 22.6 Å². The summed E-state index contributed by atoms with van der Waals surface area (Å²) in [6.45, 7) is 0.743. The van der Waals surface area contributed by atoms with Gasteiger partial charge in [-0.05, 0) is 31.0 Å². The van der Waals surface area contributed by atoms with Crippen LogP contribution < -0.4 is 10.6 Å². The number of rotatable bonds is 4. The van der Waals surface area contributed by atoms with E-state index in [9.17, 15) is 0 Å². The number of nitrogens with two attached hydrogens (primary N) is 1. The third-order valence-corrected chi connectivity index (χ3v) is 2.99. The van der Waals surface area contributed by atoms with Crippen LogP contribution in [0.4, 0.5) is 11.4 Å². The molecule has 0 aliphatic heterocycles. The molecule has 0 aromatic heterocycles. The molecule has 0 unspecified atom stereocenters. The number of halogens is 1. The lowest BCUT2D eigenvalue weighted by molar-refractivity contribution is 0.794. The summed E-state index contributed by atoms with van der Waals surface area (Å²) in [6, 6.07) is 8.27. The van der Waals surface area contributed by atoms with E-state index in [2.05, 4.69) is 11.0 Å². The highest BCUT2D eigenvalue weighted by molar-refractivity contribution is 6.31. The van der Waals surface area contributed by atoms with Crippen LogP contribution in [0.5, 0.6) is 0 Å². The molecule has 1 aliphatic rings. The number of hydrogen-bond donors (Lipinski definition) is 1. The molecule has 0 heterocycles. The van der Waals surface area contributed by atoms with Crippen LogP contribution in [-0.4, -0.2) is 12.6 Å². The SMILES string of the molecule is N#CCCN(c1ccc(Cl)cc1N)C1CC1. The number of anilines is 2. The third-order valence-electron chi connectivity index (χ3n) is 2.75. The molecule has 84 valence electrons. The minimum atomic E-state index is 0.526. The van der Waals surface area contributed by atoms with Gasteiger partial charge in [0.05, 0.1) is 23.9 Å². The van der Waals surface area contributed by atoms with Gasteiger partial charge in [0.2, 0.25) is 0 Å². The number of hydrogen-bond acceptors (Lipinski definition) is 3. The molecule has 0 radical (unpaired) electrons. The van der Waals surface area contributed by atoms with Gasteiger partial charge in [0.25, 0.3) is 0 Å². The lowest BCUT2D eigenvalue weighted by atomic mass is 10.2. The van der Waals surface area contributed by atoms with Crippen LogP contribution in [0, 0.1) is 11.3 Å². The van der Waals surface area contributed by atoms with Gasteiger partial charge in [-0.3, -0.25) is 0 Å². The maximum Gasteiger partial charge on any atom is 0.0640 e. The molecule has 4 heteroatoms. The van der Waals surface area contributed by atoms with Crippen LogP contribution in [0.15, 0.2) is 18.2 Å². The van der Waals surface area contributed by atoms with Gasteiger partial charge in [-0.25, -0.2) is 0 Å². The van der Waals surface area contributed by atoms with Crippen molar-refractivity contribution < 1.29 is 0 Å².